The third-order valence-electron chi connectivity index (χ3n) is 5.17. The summed E-state index contributed by atoms with van der Waals surface area (Å²) in [6, 6.07) is 7.50. The summed E-state index contributed by atoms with van der Waals surface area (Å²) < 4.78 is 11.4. The van der Waals surface area contributed by atoms with E-state index in [1.54, 1.807) is 26.0 Å². The lowest BCUT2D eigenvalue weighted by atomic mass is 9.89. The minimum Gasteiger partial charge on any atom is -0.496 e. The van der Waals surface area contributed by atoms with E-state index in [0.717, 1.165) is 0 Å². The largest absolute Gasteiger partial charge is 0.496 e. The van der Waals surface area contributed by atoms with Crippen molar-refractivity contribution in [2.24, 2.45) is 0 Å². The molecule has 1 aromatic carbocycles. The standard InChI is InChI=1S/C20H19N5O6/c1-9-16(19(26)23-21-9)18(17-10(2)22-24-20(17)27)14-7-6-13(31-14)12-5-4-11(25(28)29)8-15(12)30-3/h4-8,18H,1-3H3,(H2,21,23,26)(H2,22,24,27). The third kappa shape index (κ3) is 3.35. The number of nitro benzene ring substituents is 1. The van der Waals surface area contributed by atoms with Crippen LogP contribution in [0.4, 0.5) is 5.69 Å². The van der Waals surface area contributed by atoms with Crippen LogP contribution in [-0.2, 0) is 0 Å². The summed E-state index contributed by atoms with van der Waals surface area (Å²) in [5, 5.41) is 21.7. The summed E-state index contributed by atoms with van der Waals surface area (Å²) in [6.07, 6.45) is 0. The second-order valence-electron chi connectivity index (χ2n) is 7.01. The summed E-state index contributed by atoms with van der Waals surface area (Å²) in [6.45, 7) is 3.44. The van der Waals surface area contributed by atoms with Crippen molar-refractivity contribution in [2.45, 2.75) is 19.8 Å². The highest BCUT2D eigenvalue weighted by molar-refractivity contribution is 5.68. The van der Waals surface area contributed by atoms with Gasteiger partial charge in [0.05, 0.1) is 40.7 Å². The lowest BCUT2D eigenvalue weighted by Crippen LogP contribution is -2.19. The Labute approximate surface area is 174 Å². The number of H-pyrrole nitrogens is 4. The molecule has 0 spiro atoms. The van der Waals surface area contributed by atoms with Gasteiger partial charge in [-0.05, 0) is 32.0 Å². The smallest absolute Gasteiger partial charge is 0.273 e. The van der Waals surface area contributed by atoms with Crippen LogP contribution >= 0.6 is 0 Å². The number of rotatable bonds is 6. The summed E-state index contributed by atoms with van der Waals surface area (Å²) in [5.41, 5.74) is 1.49. The number of benzene rings is 1. The van der Waals surface area contributed by atoms with Gasteiger partial charge in [-0.3, -0.25) is 29.9 Å². The molecular weight excluding hydrogens is 406 g/mol. The fourth-order valence-corrected chi connectivity index (χ4v) is 3.68. The SMILES string of the molecule is COc1cc([N+](=O)[O-])ccc1-c1ccc(C(c2c(C)[nH][nH]c2=O)c2c(C)[nH][nH]c2=O)o1. The number of methoxy groups -OCH3 is 1. The van der Waals surface area contributed by atoms with Crippen molar-refractivity contribution >= 4 is 5.69 Å². The van der Waals surface area contributed by atoms with Gasteiger partial charge in [0.1, 0.15) is 17.3 Å². The maximum absolute atomic E-state index is 12.5. The zero-order valence-corrected chi connectivity index (χ0v) is 16.9. The molecule has 0 saturated heterocycles. The molecule has 0 aliphatic carbocycles. The van der Waals surface area contributed by atoms with E-state index in [-0.39, 0.29) is 22.6 Å². The molecule has 3 aromatic heterocycles. The van der Waals surface area contributed by atoms with E-state index in [0.29, 0.717) is 39.6 Å². The topological polar surface area (TPSA) is 163 Å². The van der Waals surface area contributed by atoms with E-state index in [2.05, 4.69) is 20.4 Å². The molecule has 3 heterocycles. The van der Waals surface area contributed by atoms with Crippen molar-refractivity contribution in [1.82, 2.24) is 20.4 Å². The molecule has 0 aliphatic heterocycles. The van der Waals surface area contributed by atoms with Crippen LogP contribution in [0.2, 0.25) is 0 Å². The molecule has 0 atom stereocenters. The van der Waals surface area contributed by atoms with Gasteiger partial charge < -0.3 is 19.4 Å². The molecule has 160 valence electrons. The summed E-state index contributed by atoms with van der Waals surface area (Å²) in [5.74, 6) is 0.221. The maximum atomic E-state index is 12.5. The number of hydrogen-bond acceptors (Lipinski definition) is 6. The van der Waals surface area contributed by atoms with Crippen LogP contribution in [0.25, 0.3) is 11.3 Å². The molecule has 11 heteroatoms. The van der Waals surface area contributed by atoms with Gasteiger partial charge in [0, 0.05) is 17.5 Å². The van der Waals surface area contributed by atoms with Crippen LogP contribution in [-0.4, -0.2) is 32.4 Å². The number of nitrogens with zero attached hydrogens (tertiary/aromatic N) is 1. The number of hydrogen-bond donors (Lipinski definition) is 4. The highest BCUT2D eigenvalue weighted by atomic mass is 16.6. The first-order valence-corrected chi connectivity index (χ1v) is 9.28. The number of aromatic amines is 4. The summed E-state index contributed by atoms with van der Waals surface area (Å²) >= 11 is 0. The van der Waals surface area contributed by atoms with Crippen LogP contribution in [0.1, 0.15) is 34.2 Å². The van der Waals surface area contributed by atoms with Crippen LogP contribution in [0, 0.1) is 24.0 Å². The van der Waals surface area contributed by atoms with Crippen molar-refractivity contribution < 1.29 is 14.1 Å². The van der Waals surface area contributed by atoms with Crippen molar-refractivity contribution in [3.8, 4) is 17.1 Å². The van der Waals surface area contributed by atoms with Gasteiger partial charge in [-0.25, -0.2) is 0 Å². The number of nitrogens with one attached hydrogen (secondary N) is 4. The van der Waals surface area contributed by atoms with Gasteiger partial charge in [0.15, 0.2) is 0 Å². The highest BCUT2D eigenvalue weighted by Crippen LogP contribution is 2.38. The molecule has 4 aromatic rings. The predicted molar refractivity (Wildman–Crippen MR) is 111 cm³/mol. The number of aromatic nitrogens is 4. The van der Waals surface area contributed by atoms with Crippen molar-refractivity contribution in [3.05, 3.63) is 89.4 Å². The Morgan fingerprint density at radius 2 is 1.58 bits per heavy atom. The van der Waals surface area contributed by atoms with Crippen molar-refractivity contribution in [1.29, 1.82) is 0 Å². The van der Waals surface area contributed by atoms with E-state index >= 15 is 0 Å². The molecule has 0 aliphatic rings. The fraction of sp³-hybridized carbons (Fsp3) is 0.200. The number of non-ortho nitro benzene ring substituents is 1. The molecule has 0 amide bonds. The Bertz CT molecular complexity index is 1330. The Kier molecular flexibility index (Phi) is 4.85. The second-order valence-corrected chi connectivity index (χ2v) is 7.01. The highest BCUT2D eigenvalue weighted by Gasteiger charge is 2.31. The number of nitro groups is 1. The predicted octanol–water partition coefficient (Wildman–Crippen LogP) is 2.69. The molecule has 31 heavy (non-hydrogen) atoms. The average molecular weight is 425 g/mol. The number of aryl methyl sites for hydroxylation is 2. The van der Waals surface area contributed by atoms with Crippen LogP contribution < -0.4 is 15.9 Å². The van der Waals surface area contributed by atoms with E-state index in [4.69, 9.17) is 9.15 Å². The van der Waals surface area contributed by atoms with Gasteiger partial charge in [-0.1, -0.05) is 0 Å². The first-order valence-electron chi connectivity index (χ1n) is 9.28. The van der Waals surface area contributed by atoms with E-state index in [1.807, 2.05) is 0 Å². The second kappa shape index (κ2) is 7.52. The maximum Gasteiger partial charge on any atom is 0.273 e. The van der Waals surface area contributed by atoms with E-state index in [1.165, 1.54) is 25.3 Å². The van der Waals surface area contributed by atoms with Gasteiger partial charge in [-0.2, -0.15) is 0 Å². The van der Waals surface area contributed by atoms with Crippen LogP contribution in [0.3, 0.4) is 0 Å². The summed E-state index contributed by atoms with van der Waals surface area (Å²) in [4.78, 5) is 35.6. The Morgan fingerprint density at radius 3 is 2.06 bits per heavy atom. The molecule has 4 rings (SSSR count). The molecule has 4 N–H and O–H groups in total. The molecule has 0 unspecified atom stereocenters. The normalized spacial score (nSPS) is 11.2. The van der Waals surface area contributed by atoms with Crippen LogP contribution in [0.5, 0.6) is 5.75 Å². The lowest BCUT2D eigenvalue weighted by molar-refractivity contribution is -0.384. The summed E-state index contributed by atoms with van der Waals surface area (Å²) in [7, 11) is 1.40. The zero-order valence-electron chi connectivity index (χ0n) is 16.9. The monoisotopic (exact) mass is 425 g/mol. The van der Waals surface area contributed by atoms with Gasteiger partial charge in [-0.15, -0.1) is 0 Å². The average Bonchev–Trinajstić information content (AvgIpc) is 3.45. The number of furan rings is 1. The van der Waals surface area contributed by atoms with E-state index in [9.17, 15) is 19.7 Å². The fourth-order valence-electron chi connectivity index (χ4n) is 3.68. The molecular formula is C20H19N5O6. The molecule has 0 fully saturated rings. The quantitative estimate of drug-likeness (QED) is 0.274. The third-order valence-corrected chi connectivity index (χ3v) is 5.17. The first-order chi connectivity index (χ1) is 14.8. The minimum absolute atomic E-state index is 0.116. The van der Waals surface area contributed by atoms with Gasteiger partial charge >= 0.3 is 0 Å². The van der Waals surface area contributed by atoms with Crippen molar-refractivity contribution in [3.63, 3.8) is 0 Å². The minimum atomic E-state index is -0.775. The first kappa shape index (κ1) is 20.0. The molecule has 0 saturated carbocycles. The molecule has 0 radical (unpaired) electrons. The lowest BCUT2D eigenvalue weighted by Gasteiger charge is -2.13. The molecule has 0 bridgehead atoms. The van der Waals surface area contributed by atoms with Crippen LogP contribution in [0.15, 0.2) is 44.3 Å². The Morgan fingerprint density at radius 1 is 0.968 bits per heavy atom. The Balaban J connectivity index is 1.88. The van der Waals surface area contributed by atoms with Crippen molar-refractivity contribution in [2.75, 3.05) is 7.11 Å². The number of ether oxygens (including phenoxy) is 1. The molecule has 11 nitrogen and oxygen atoms in total. The Hall–Kier alpha value is -4.28. The van der Waals surface area contributed by atoms with Gasteiger partial charge in [0.2, 0.25) is 0 Å². The van der Waals surface area contributed by atoms with Gasteiger partial charge in [0.25, 0.3) is 16.8 Å². The zero-order chi connectivity index (χ0) is 22.3. The van der Waals surface area contributed by atoms with E-state index < -0.39 is 10.8 Å².